The number of likely N-dealkylation sites (N-methyl/N-ethyl adjacent to an activating group) is 1. The summed E-state index contributed by atoms with van der Waals surface area (Å²) in [7, 11) is 2.16. The van der Waals surface area contributed by atoms with E-state index in [-0.39, 0.29) is 0 Å². The van der Waals surface area contributed by atoms with Crippen LogP contribution in [0.4, 0.5) is 0 Å². The van der Waals surface area contributed by atoms with Crippen molar-refractivity contribution in [2.24, 2.45) is 17.1 Å². The highest BCUT2D eigenvalue weighted by molar-refractivity contribution is 4.84. The van der Waals surface area contributed by atoms with E-state index in [0.29, 0.717) is 11.5 Å². The Kier molecular flexibility index (Phi) is 3.36. The van der Waals surface area contributed by atoms with Crippen LogP contribution in [0.2, 0.25) is 0 Å². The van der Waals surface area contributed by atoms with Gasteiger partial charge in [-0.1, -0.05) is 20.8 Å². The van der Waals surface area contributed by atoms with Crippen molar-refractivity contribution < 1.29 is 0 Å². The fourth-order valence-corrected chi connectivity index (χ4v) is 2.24. The number of rotatable bonds is 1. The molecule has 0 aromatic carbocycles. The minimum atomic E-state index is 0.387. The van der Waals surface area contributed by atoms with Crippen LogP contribution in [-0.4, -0.2) is 31.1 Å². The van der Waals surface area contributed by atoms with Gasteiger partial charge in [-0.3, -0.25) is 0 Å². The van der Waals surface area contributed by atoms with Gasteiger partial charge in [0.1, 0.15) is 0 Å². The maximum absolute atomic E-state index is 6.13. The van der Waals surface area contributed by atoms with Crippen LogP contribution in [0.15, 0.2) is 0 Å². The molecule has 0 aliphatic carbocycles. The summed E-state index contributed by atoms with van der Waals surface area (Å²) in [6.45, 7) is 9.20. The summed E-state index contributed by atoms with van der Waals surface area (Å²) in [5.74, 6) is 0.733. The Morgan fingerprint density at radius 1 is 1.38 bits per heavy atom. The lowest BCUT2D eigenvalue weighted by Gasteiger charge is -2.37. The third-order valence-corrected chi connectivity index (χ3v) is 2.88. The fraction of sp³-hybridized carbons (Fsp3) is 1.00. The molecule has 1 rings (SSSR count). The molecule has 1 aliphatic heterocycles. The van der Waals surface area contributed by atoms with Crippen molar-refractivity contribution in [3.05, 3.63) is 0 Å². The molecule has 0 spiro atoms. The van der Waals surface area contributed by atoms with Crippen LogP contribution in [0.3, 0.4) is 0 Å². The molecule has 0 radical (unpaired) electrons. The summed E-state index contributed by atoms with van der Waals surface area (Å²) in [4.78, 5) is 2.34. The van der Waals surface area contributed by atoms with Crippen LogP contribution in [-0.2, 0) is 0 Å². The second kappa shape index (κ2) is 3.97. The standard InChI is InChI=1S/C11H24N2/c1-11(2,3)7-9-5-6-13(4)8-10(9)12/h9-10H,5-8,12H2,1-4H3. The third kappa shape index (κ3) is 3.65. The van der Waals surface area contributed by atoms with E-state index in [1.165, 1.54) is 19.4 Å². The van der Waals surface area contributed by atoms with Crippen LogP contribution >= 0.6 is 0 Å². The summed E-state index contributed by atoms with van der Waals surface area (Å²) < 4.78 is 0. The molecule has 1 aliphatic rings. The van der Waals surface area contributed by atoms with Gasteiger partial charge in [-0.2, -0.15) is 0 Å². The van der Waals surface area contributed by atoms with Gasteiger partial charge < -0.3 is 10.6 Å². The maximum atomic E-state index is 6.13. The van der Waals surface area contributed by atoms with Crippen molar-refractivity contribution in [1.82, 2.24) is 4.90 Å². The average Bonchev–Trinajstić information content (AvgIpc) is 1.93. The lowest BCUT2D eigenvalue weighted by Crippen LogP contribution is -2.47. The van der Waals surface area contributed by atoms with E-state index in [4.69, 9.17) is 5.73 Å². The number of likely N-dealkylation sites (tertiary alicyclic amines) is 1. The first-order chi connectivity index (χ1) is 5.88. The quantitative estimate of drug-likeness (QED) is 0.672. The van der Waals surface area contributed by atoms with Crippen molar-refractivity contribution in [3.8, 4) is 0 Å². The first-order valence-electron chi connectivity index (χ1n) is 5.32. The average molecular weight is 184 g/mol. The van der Waals surface area contributed by atoms with Crippen molar-refractivity contribution in [2.45, 2.75) is 39.7 Å². The summed E-state index contributed by atoms with van der Waals surface area (Å²) in [6, 6.07) is 0.387. The van der Waals surface area contributed by atoms with Gasteiger partial charge >= 0.3 is 0 Å². The molecule has 1 heterocycles. The van der Waals surface area contributed by atoms with Gasteiger partial charge in [0.25, 0.3) is 0 Å². The number of piperidine rings is 1. The normalized spacial score (nSPS) is 32.1. The van der Waals surface area contributed by atoms with Crippen molar-refractivity contribution in [2.75, 3.05) is 20.1 Å². The number of nitrogens with zero attached hydrogens (tertiary/aromatic N) is 1. The molecule has 0 aromatic rings. The molecule has 0 saturated carbocycles. The van der Waals surface area contributed by atoms with Crippen LogP contribution < -0.4 is 5.73 Å². The topological polar surface area (TPSA) is 29.3 Å². The van der Waals surface area contributed by atoms with E-state index in [1.807, 2.05) is 0 Å². The summed E-state index contributed by atoms with van der Waals surface area (Å²) in [5, 5.41) is 0. The minimum Gasteiger partial charge on any atom is -0.326 e. The molecule has 1 saturated heterocycles. The minimum absolute atomic E-state index is 0.387. The van der Waals surface area contributed by atoms with Gasteiger partial charge in [-0.25, -0.2) is 0 Å². The van der Waals surface area contributed by atoms with Gasteiger partial charge in [0.05, 0.1) is 0 Å². The van der Waals surface area contributed by atoms with Crippen molar-refractivity contribution >= 4 is 0 Å². The molecule has 2 nitrogen and oxygen atoms in total. The number of hydrogen-bond donors (Lipinski definition) is 1. The molecule has 13 heavy (non-hydrogen) atoms. The largest absolute Gasteiger partial charge is 0.326 e. The fourth-order valence-electron chi connectivity index (χ4n) is 2.24. The van der Waals surface area contributed by atoms with E-state index in [0.717, 1.165) is 12.5 Å². The predicted octanol–water partition coefficient (Wildman–Crippen LogP) is 1.70. The highest BCUT2D eigenvalue weighted by Crippen LogP contribution is 2.29. The molecular weight excluding hydrogens is 160 g/mol. The smallest absolute Gasteiger partial charge is 0.0197 e. The molecule has 78 valence electrons. The van der Waals surface area contributed by atoms with E-state index in [9.17, 15) is 0 Å². The van der Waals surface area contributed by atoms with Gasteiger partial charge in [-0.15, -0.1) is 0 Å². The first-order valence-corrected chi connectivity index (χ1v) is 5.32. The lowest BCUT2D eigenvalue weighted by molar-refractivity contribution is 0.150. The zero-order chi connectivity index (χ0) is 10.1. The summed E-state index contributed by atoms with van der Waals surface area (Å²) in [5.41, 5.74) is 6.56. The zero-order valence-corrected chi connectivity index (χ0v) is 9.51. The molecule has 0 aromatic heterocycles. The van der Waals surface area contributed by atoms with Crippen molar-refractivity contribution in [1.29, 1.82) is 0 Å². The molecule has 2 unspecified atom stereocenters. The molecule has 2 heteroatoms. The van der Waals surface area contributed by atoms with Crippen molar-refractivity contribution in [3.63, 3.8) is 0 Å². The van der Waals surface area contributed by atoms with Gasteiger partial charge in [0.15, 0.2) is 0 Å². The summed E-state index contributed by atoms with van der Waals surface area (Å²) in [6.07, 6.45) is 2.54. The van der Waals surface area contributed by atoms with Crippen LogP contribution in [0, 0.1) is 11.3 Å². The second-order valence-electron chi connectivity index (χ2n) is 5.74. The van der Waals surface area contributed by atoms with E-state index in [2.05, 4.69) is 32.7 Å². The predicted molar refractivity (Wildman–Crippen MR) is 57.7 cm³/mol. The monoisotopic (exact) mass is 184 g/mol. The summed E-state index contributed by atoms with van der Waals surface area (Å²) >= 11 is 0. The molecule has 2 N–H and O–H groups in total. The Hall–Kier alpha value is -0.0800. The lowest BCUT2D eigenvalue weighted by atomic mass is 9.78. The Labute approximate surface area is 82.5 Å². The Bertz CT molecular complexity index is 160. The highest BCUT2D eigenvalue weighted by atomic mass is 15.1. The molecule has 0 amide bonds. The van der Waals surface area contributed by atoms with Gasteiger partial charge in [-0.05, 0) is 37.8 Å². The van der Waals surface area contributed by atoms with Crippen LogP contribution in [0.25, 0.3) is 0 Å². The SMILES string of the molecule is CN1CCC(CC(C)(C)C)C(N)C1. The first kappa shape index (κ1) is 11.0. The highest BCUT2D eigenvalue weighted by Gasteiger charge is 2.28. The number of nitrogens with two attached hydrogens (primary N) is 1. The van der Waals surface area contributed by atoms with E-state index >= 15 is 0 Å². The molecule has 0 bridgehead atoms. The Morgan fingerprint density at radius 3 is 2.46 bits per heavy atom. The number of hydrogen-bond acceptors (Lipinski definition) is 2. The molecule has 2 atom stereocenters. The zero-order valence-electron chi connectivity index (χ0n) is 9.51. The molecular formula is C11H24N2. The third-order valence-electron chi connectivity index (χ3n) is 2.88. The van der Waals surface area contributed by atoms with Gasteiger partial charge in [0.2, 0.25) is 0 Å². The van der Waals surface area contributed by atoms with E-state index < -0.39 is 0 Å². The molecule has 1 fully saturated rings. The Morgan fingerprint density at radius 2 is 2.00 bits per heavy atom. The van der Waals surface area contributed by atoms with E-state index in [1.54, 1.807) is 0 Å². The Balaban J connectivity index is 2.43. The second-order valence-corrected chi connectivity index (χ2v) is 5.74. The maximum Gasteiger partial charge on any atom is 0.0197 e. The van der Waals surface area contributed by atoms with Crippen LogP contribution in [0.1, 0.15) is 33.6 Å². The van der Waals surface area contributed by atoms with Crippen LogP contribution in [0.5, 0.6) is 0 Å². The van der Waals surface area contributed by atoms with Gasteiger partial charge in [0, 0.05) is 12.6 Å².